The van der Waals surface area contributed by atoms with Crippen LogP contribution < -0.4 is 0 Å². The van der Waals surface area contributed by atoms with Crippen LogP contribution in [0.1, 0.15) is 38.8 Å². The Kier molecular flexibility index (Phi) is 6.98. The Bertz CT molecular complexity index is 1100. The summed E-state index contributed by atoms with van der Waals surface area (Å²) in [6, 6.07) is 19.0. The van der Waals surface area contributed by atoms with Crippen molar-refractivity contribution in [3.63, 3.8) is 0 Å². The van der Waals surface area contributed by atoms with Gasteiger partial charge in [-0.05, 0) is 38.8 Å². The van der Waals surface area contributed by atoms with E-state index in [1.807, 2.05) is 60.7 Å². The summed E-state index contributed by atoms with van der Waals surface area (Å²) in [5.74, 6) is -0.432. The maximum atomic E-state index is 13.6. The minimum atomic E-state index is -1.16. The zero-order chi connectivity index (χ0) is 26.0. The molecule has 2 atom stereocenters. The number of benzene rings is 2. The third-order valence-corrected chi connectivity index (χ3v) is 6.87. The second kappa shape index (κ2) is 9.84. The van der Waals surface area contributed by atoms with Gasteiger partial charge in [-0.2, -0.15) is 0 Å². The first-order chi connectivity index (χ1) is 17.1. The van der Waals surface area contributed by atoms with E-state index in [4.69, 9.17) is 14.2 Å². The highest BCUT2D eigenvalue weighted by molar-refractivity contribution is 5.85. The number of esters is 1. The summed E-state index contributed by atoms with van der Waals surface area (Å²) in [6.07, 6.45) is -0.995. The van der Waals surface area contributed by atoms with Crippen molar-refractivity contribution >= 4 is 18.2 Å². The first kappa shape index (κ1) is 25.5. The lowest BCUT2D eigenvalue weighted by Gasteiger charge is -2.35. The molecule has 0 bridgehead atoms. The van der Waals surface area contributed by atoms with Crippen LogP contribution in [0.15, 0.2) is 60.7 Å². The molecule has 0 unspecified atom stereocenters. The van der Waals surface area contributed by atoms with Gasteiger partial charge in [-0.15, -0.1) is 0 Å². The average Bonchev–Trinajstić information content (AvgIpc) is 3.35. The molecule has 0 aliphatic carbocycles. The minimum Gasteiger partial charge on any atom is -0.465 e. The molecule has 36 heavy (non-hydrogen) atoms. The molecule has 4 rings (SSSR count). The third kappa shape index (κ3) is 4.76. The highest BCUT2D eigenvalue weighted by atomic mass is 16.6. The molecule has 0 radical (unpaired) electrons. The number of hydrogen-bond donors (Lipinski definition) is 0. The van der Waals surface area contributed by atoms with E-state index >= 15 is 0 Å². The maximum Gasteiger partial charge on any atom is 0.410 e. The van der Waals surface area contributed by atoms with E-state index in [2.05, 4.69) is 0 Å². The lowest BCUT2D eigenvalue weighted by atomic mass is 9.64. The molecule has 2 saturated heterocycles. The number of fused-ring (bicyclic) bond motifs is 1. The molecule has 2 aromatic carbocycles. The minimum absolute atomic E-state index is 0.0770. The Morgan fingerprint density at radius 2 is 1.36 bits per heavy atom. The smallest absolute Gasteiger partial charge is 0.410 e. The van der Waals surface area contributed by atoms with Crippen LogP contribution in [0.25, 0.3) is 0 Å². The molecule has 0 spiro atoms. The molecule has 0 saturated carbocycles. The van der Waals surface area contributed by atoms with E-state index in [-0.39, 0.29) is 39.4 Å². The average molecular weight is 495 g/mol. The fraction of sp³-hybridized carbons (Fsp3) is 0.464. The summed E-state index contributed by atoms with van der Waals surface area (Å²) < 4.78 is 16.8. The largest absolute Gasteiger partial charge is 0.465 e. The van der Waals surface area contributed by atoms with Gasteiger partial charge in [0.2, 0.25) is 0 Å². The predicted octanol–water partition coefficient (Wildman–Crippen LogP) is 4.38. The van der Waals surface area contributed by atoms with E-state index in [9.17, 15) is 14.4 Å². The van der Waals surface area contributed by atoms with Crippen LogP contribution in [0.4, 0.5) is 9.59 Å². The number of likely N-dealkylation sites (tertiary alicyclic amines) is 2. The van der Waals surface area contributed by atoms with Gasteiger partial charge in [0.15, 0.2) is 0 Å². The standard InChI is InChI=1S/C28H34N2O6/c1-5-34-23(31)28-19-29(24(32)35-16-21-12-8-6-9-13-21)17-27(28,22-14-10-7-11-15-22)18-30(20-28)25(33)36-26(2,3)4/h6-15H,5,16-20H2,1-4H3/t27-,28+/m0/s1. The van der Waals surface area contributed by atoms with E-state index in [0.717, 1.165) is 11.1 Å². The quantitative estimate of drug-likeness (QED) is 0.453. The van der Waals surface area contributed by atoms with Gasteiger partial charge < -0.3 is 24.0 Å². The van der Waals surface area contributed by atoms with Crippen molar-refractivity contribution < 1.29 is 28.6 Å². The van der Waals surface area contributed by atoms with Crippen LogP contribution in [0, 0.1) is 5.41 Å². The third-order valence-electron chi connectivity index (χ3n) is 6.87. The lowest BCUT2D eigenvalue weighted by molar-refractivity contribution is -0.156. The molecule has 0 N–H and O–H groups in total. The number of hydrogen-bond acceptors (Lipinski definition) is 6. The van der Waals surface area contributed by atoms with Gasteiger partial charge in [0.05, 0.1) is 12.0 Å². The molecule has 2 aromatic rings. The number of nitrogens with zero attached hydrogens (tertiary/aromatic N) is 2. The molecule has 192 valence electrons. The molecule has 2 fully saturated rings. The van der Waals surface area contributed by atoms with Gasteiger partial charge in [-0.1, -0.05) is 60.7 Å². The van der Waals surface area contributed by atoms with E-state index < -0.39 is 34.6 Å². The van der Waals surface area contributed by atoms with Crippen molar-refractivity contribution in [2.45, 2.75) is 45.3 Å². The van der Waals surface area contributed by atoms with Gasteiger partial charge in [-0.25, -0.2) is 9.59 Å². The number of rotatable bonds is 5. The second-order valence-electron chi connectivity index (χ2n) is 10.5. The summed E-state index contributed by atoms with van der Waals surface area (Å²) in [6.45, 7) is 8.07. The van der Waals surface area contributed by atoms with Gasteiger partial charge in [-0.3, -0.25) is 4.79 Å². The Labute approximate surface area is 212 Å². The molecule has 2 aliphatic rings. The number of ether oxygens (including phenoxy) is 3. The molecule has 2 heterocycles. The van der Waals surface area contributed by atoms with Crippen LogP contribution in [0.2, 0.25) is 0 Å². The van der Waals surface area contributed by atoms with Crippen molar-refractivity contribution in [1.82, 2.24) is 9.80 Å². The fourth-order valence-electron chi connectivity index (χ4n) is 5.33. The highest BCUT2D eigenvalue weighted by Crippen LogP contribution is 2.54. The van der Waals surface area contributed by atoms with Crippen molar-refractivity contribution in [2.24, 2.45) is 5.41 Å². The van der Waals surface area contributed by atoms with E-state index in [1.54, 1.807) is 37.5 Å². The highest BCUT2D eigenvalue weighted by Gasteiger charge is 2.70. The fourth-order valence-corrected chi connectivity index (χ4v) is 5.33. The molecular formula is C28H34N2O6. The van der Waals surface area contributed by atoms with Crippen LogP contribution >= 0.6 is 0 Å². The summed E-state index contributed by atoms with van der Waals surface area (Å²) in [4.78, 5) is 43.1. The summed E-state index contributed by atoms with van der Waals surface area (Å²) in [7, 11) is 0. The van der Waals surface area contributed by atoms with Crippen LogP contribution in [0.5, 0.6) is 0 Å². The SMILES string of the molecule is CCOC(=O)[C@]12CN(C(=O)OCc3ccccc3)C[C@@]1(c1ccccc1)CN(C(=O)OC(C)(C)C)C2. The first-order valence-corrected chi connectivity index (χ1v) is 12.3. The normalized spacial score (nSPS) is 23.2. The zero-order valence-corrected chi connectivity index (χ0v) is 21.4. The van der Waals surface area contributed by atoms with Crippen molar-refractivity contribution in [3.8, 4) is 0 Å². The van der Waals surface area contributed by atoms with E-state index in [1.165, 1.54) is 0 Å². The number of amides is 2. The second-order valence-corrected chi connectivity index (χ2v) is 10.5. The molecule has 8 heteroatoms. The van der Waals surface area contributed by atoms with Crippen LogP contribution in [0.3, 0.4) is 0 Å². The lowest BCUT2D eigenvalue weighted by Crippen LogP contribution is -2.50. The van der Waals surface area contributed by atoms with Gasteiger partial charge in [0, 0.05) is 26.2 Å². The molecular weight excluding hydrogens is 460 g/mol. The summed E-state index contributed by atoms with van der Waals surface area (Å²) >= 11 is 0. The van der Waals surface area contributed by atoms with Crippen molar-refractivity contribution in [3.05, 3.63) is 71.8 Å². The van der Waals surface area contributed by atoms with Crippen LogP contribution in [-0.4, -0.2) is 66.3 Å². The summed E-state index contributed by atoms with van der Waals surface area (Å²) in [5.41, 5.74) is -0.975. The summed E-state index contributed by atoms with van der Waals surface area (Å²) in [5, 5.41) is 0. The molecule has 0 aromatic heterocycles. The maximum absolute atomic E-state index is 13.6. The number of carbonyl (C=O) groups excluding carboxylic acids is 3. The van der Waals surface area contributed by atoms with Crippen molar-refractivity contribution in [2.75, 3.05) is 32.8 Å². The van der Waals surface area contributed by atoms with Gasteiger partial charge >= 0.3 is 18.2 Å². The topological polar surface area (TPSA) is 85.4 Å². The Hall–Kier alpha value is -3.55. The molecule has 2 aliphatic heterocycles. The number of carbonyl (C=O) groups is 3. The van der Waals surface area contributed by atoms with Crippen molar-refractivity contribution in [1.29, 1.82) is 0 Å². The monoisotopic (exact) mass is 494 g/mol. The van der Waals surface area contributed by atoms with Gasteiger partial charge in [0.1, 0.15) is 17.6 Å². The zero-order valence-electron chi connectivity index (χ0n) is 21.4. The van der Waals surface area contributed by atoms with Gasteiger partial charge in [0.25, 0.3) is 0 Å². The molecule has 8 nitrogen and oxygen atoms in total. The Balaban J connectivity index is 1.68. The Morgan fingerprint density at radius 1 is 0.806 bits per heavy atom. The first-order valence-electron chi connectivity index (χ1n) is 12.3. The van der Waals surface area contributed by atoms with Crippen LogP contribution in [-0.2, 0) is 31.0 Å². The predicted molar refractivity (Wildman–Crippen MR) is 133 cm³/mol. The Morgan fingerprint density at radius 3 is 1.92 bits per heavy atom. The molecule has 2 amide bonds. The van der Waals surface area contributed by atoms with E-state index in [0.29, 0.717) is 0 Å².